The van der Waals surface area contributed by atoms with E-state index in [-0.39, 0.29) is 12.5 Å². The fraction of sp³-hybridized carbons (Fsp3) is 0.273. The first-order valence-corrected chi connectivity index (χ1v) is 9.18. The van der Waals surface area contributed by atoms with Crippen LogP contribution in [0.1, 0.15) is 19.4 Å². The fourth-order valence-electron chi connectivity index (χ4n) is 2.34. The minimum absolute atomic E-state index is 0.226. The van der Waals surface area contributed by atoms with Crippen molar-refractivity contribution in [1.29, 1.82) is 0 Å². The lowest BCUT2D eigenvalue weighted by atomic mass is 10.2. The van der Waals surface area contributed by atoms with Crippen LogP contribution in [0.15, 0.2) is 48.5 Å². The van der Waals surface area contributed by atoms with Crippen molar-refractivity contribution in [2.45, 2.75) is 13.8 Å². The minimum atomic E-state index is -0.571. The van der Waals surface area contributed by atoms with E-state index >= 15 is 0 Å². The lowest BCUT2D eigenvalue weighted by molar-refractivity contribution is -0.120. The van der Waals surface area contributed by atoms with Gasteiger partial charge >= 0.3 is 0 Å². The van der Waals surface area contributed by atoms with Gasteiger partial charge in [-0.3, -0.25) is 9.59 Å². The van der Waals surface area contributed by atoms with Gasteiger partial charge in [0.05, 0.1) is 13.7 Å². The van der Waals surface area contributed by atoms with E-state index in [0.717, 1.165) is 5.56 Å². The number of hydrogen-bond acceptors (Lipinski definition) is 5. The summed E-state index contributed by atoms with van der Waals surface area (Å²) < 4.78 is 16.3. The van der Waals surface area contributed by atoms with Crippen LogP contribution in [0.5, 0.6) is 17.2 Å². The number of primary amides is 1. The average Bonchev–Trinajstić information content (AvgIpc) is 2.69. The van der Waals surface area contributed by atoms with Crippen molar-refractivity contribution in [3.63, 3.8) is 0 Å². The second-order valence-electron chi connectivity index (χ2n) is 6.72. The Balaban J connectivity index is 1.99. The summed E-state index contributed by atoms with van der Waals surface area (Å²) in [4.78, 5) is 23.0. The standard InChI is InChI=1S/C22H26N2O5/c1-15(2)13-29-19-9-7-16(11-20(19)27-3)8-10-22(26)24-17-5-4-6-18(12-17)28-14-21(23)25/h4-12,15H,13-14H2,1-3H3,(H2,23,25)(H,24,26)/b10-8+. The lowest BCUT2D eigenvalue weighted by Gasteiger charge is -2.12. The van der Waals surface area contributed by atoms with E-state index in [2.05, 4.69) is 19.2 Å². The quantitative estimate of drug-likeness (QED) is 0.599. The summed E-state index contributed by atoms with van der Waals surface area (Å²) in [6.45, 7) is 4.51. The number of hydrogen-bond donors (Lipinski definition) is 2. The predicted molar refractivity (Wildman–Crippen MR) is 112 cm³/mol. The molecule has 0 heterocycles. The molecular formula is C22H26N2O5. The van der Waals surface area contributed by atoms with E-state index in [4.69, 9.17) is 19.9 Å². The third-order valence-corrected chi connectivity index (χ3v) is 3.67. The summed E-state index contributed by atoms with van der Waals surface area (Å²) in [5, 5.41) is 2.74. The summed E-state index contributed by atoms with van der Waals surface area (Å²) in [5.74, 6) is 1.23. The number of benzene rings is 2. The average molecular weight is 398 g/mol. The first kappa shape index (κ1) is 21.8. The maximum atomic E-state index is 12.2. The van der Waals surface area contributed by atoms with Crippen LogP contribution < -0.4 is 25.3 Å². The van der Waals surface area contributed by atoms with Gasteiger partial charge in [0.25, 0.3) is 5.91 Å². The van der Waals surface area contributed by atoms with Crippen molar-refractivity contribution in [2.24, 2.45) is 11.7 Å². The highest BCUT2D eigenvalue weighted by Crippen LogP contribution is 2.29. The highest BCUT2D eigenvalue weighted by molar-refractivity contribution is 6.02. The molecule has 0 aliphatic carbocycles. The van der Waals surface area contributed by atoms with Crippen LogP contribution in [-0.4, -0.2) is 32.1 Å². The van der Waals surface area contributed by atoms with E-state index in [1.165, 1.54) is 6.08 Å². The van der Waals surface area contributed by atoms with Gasteiger partial charge < -0.3 is 25.3 Å². The highest BCUT2D eigenvalue weighted by Gasteiger charge is 2.07. The smallest absolute Gasteiger partial charge is 0.255 e. The van der Waals surface area contributed by atoms with Crippen LogP contribution in [-0.2, 0) is 9.59 Å². The molecule has 0 spiro atoms. The van der Waals surface area contributed by atoms with Crippen molar-refractivity contribution >= 4 is 23.6 Å². The van der Waals surface area contributed by atoms with Crippen LogP contribution in [0.4, 0.5) is 5.69 Å². The second-order valence-corrected chi connectivity index (χ2v) is 6.72. The fourth-order valence-corrected chi connectivity index (χ4v) is 2.34. The molecule has 0 atom stereocenters. The molecule has 0 saturated carbocycles. The molecule has 0 aromatic heterocycles. The Morgan fingerprint density at radius 3 is 2.59 bits per heavy atom. The van der Waals surface area contributed by atoms with Gasteiger partial charge in [-0.05, 0) is 41.8 Å². The molecule has 0 aliphatic heterocycles. The summed E-state index contributed by atoms with van der Waals surface area (Å²) >= 11 is 0. The molecule has 0 unspecified atom stereocenters. The Morgan fingerprint density at radius 2 is 1.90 bits per heavy atom. The number of ether oxygens (including phenoxy) is 3. The molecule has 2 amide bonds. The Labute approximate surface area is 170 Å². The SMILES string of the molecule is COc1cc(/C=C/C(=O)Nc2cccc(OCC(N)=O)c2)ccc1OCC(C)C. The molecule has 2 rings (SSSR count). The first-order chi connectivity index (χ1) is 13.9. The lowest BCUT2D eigenvalue weighted by Crippen LogP contribution is -2.20. The zero-order chi connectivity index (χ0) is 21.2. The predicted octanol–water partition coefficient (Wildman–Crippen LogP) is 3.25. The Kier molecular flexibility index (Phi) is 8.09. The molecule has 2 aromatic carbocycles. The number of carbonyl (C=O) groups excluding carboxylic acids is 2. The van der Waals surface area contributed by atoms with Gasteiger partial charge in [-0.1, -0.05) is 26.0 Å². The van der Waals surface area contributed by atoms with E-state index in [9.17, 15) is 9.59 Å². The number of nitrogens with two attached hydrogens (primary N) is 1. The second kappa shape index (κ2) is 10.8. The Morgan fingerprint density at radius 1 is 1.10 bits per heavy atom. The van der Waals surface area contributed by atoms with Gasteiger partial charge in [0.1, 0.15) is 5.75 Å². The van der Waals surface area contributed by atoms with Crippen molar-refractivity contribution < 1.29 is 23.8 Å². The molecular weight excluding hydrogens is 372 g/mol. The normalized spacial score (nSPS) is 10.8. The summed E-state index contributed by atoms with van der Waals surface area (Å²) in [6.07, 6.45) is 3.10. The molecule has 0 saturated heterocycles. The van der Waals surface area contributed by atoms with Crippen molar-refractivity contribution in [3.05, 3.63) is 54.1 Å². The third kappa shape index (κ3) is 7.57. The van der Waals surface area contributed by atoms with Crippen LogP contribution >= 0.6 is 0 Å². The van der Waals surface area contributed by atoms with Crippen LogP contribution in [0.25, 0.3) is 6.08 Å². The Bertz CT molecular complexity index is 877. The van der Waals surface area contributed by atoms with E-state index in [0.29, 0.717) is 35.5 Å². The van der Waals surface area contributed by atoms with Crippen molar-refractivity contribution in [1.82, 2.24) is 0 Å². The van der Waals surface area contributed by atoms with E-state index in [1.54, 1.807) is 43.5 Å². The third-order valence-electron chi connectivity index (χ3n) is 3.67. The first-order valence-electron chi connectivity index (χ1n) is 9.18. The zero-order valence-electron chi connectivity index (χ0n) is 16.8. The zero-order valence-corrected chi connectivity index (χ0v) is 16.8. The molecule has 2 aromatic rings. The topological polar surface area (TPSA) is 99.9 Å². The summed E-state index contributed by atoms with van der Waals surface area (Å²) in [6, 6.07) is 12.2. The molecule has 0 radical (unpaired) electrons. The van der Waals surface area contributed by atoms with Gasteiger partial charge in [0, 0.05) is 17.8 Å². The number of carbonyl (C=O) groups is 2. The maximum absolute atomic E-state index is 12.2. The van der Waals surface area contributed by atoms with E-state index in [1.807, 2.05) is 12.1 Å². The number of anilines is 1. The number of methoxy groups -OCH3 is 1. The molecule has 0 bridgehead atoms. The molecule has 7 nitrogen and oxygen atoms in total. The number of nitrogens with one attached hydrogen (secondary N) is 1. The molecule has 154 valence electrons. The van der Waals surface area contributed by atoms with Gasteiger partial charge in [-0.25, -0.2) is 0 Å². The van der Waals surface area contributed by atoms with Crippen LogP contribution in [0.3, 0.4) is 0 Å². The van der Waals surface area contributed by atoms with Crippen molar-refractivity contribution in [3.8, 4) is 17.2 Å². The number of amides is 2. The summed E-state index contributed by atoms with van der Waals surface area (Å²) in [5.41, 5.74) is 6.39. The monoisotopic (exact) mass is 398 g/mol. The van der Waals surface area contributed by atoms with Gasteiger partial charge in [0.2, 0.25) is 5.91 Å². The molecule has 29 heavy (non-hydrogen) atoms. The van der Waals surface area contributed by atoms with Gasteiger partial charge in [0.15, 0.2) is 18.1 Å². The summed E-state index contributed by atoms with van der Waals surface area (Å²) in [7, 11) is 1.57. The van der Waals surface area contributed by atoms with Gasteiger partial charge in [-0.2, -0.15) is 0 Å². The Hall–Kier alpha value is -3.48. The number of rotatable bonds is 10. The largest absolute Gasteiger partial charge is 0.493 e. The van der Waals surface area contributed by atoms with Crippen molar-refractivity contribution in [2.75, 3.05) is 25.6 Å². The molecule has 3 N–H and O–H groups in total. The highest BCUT2D eigenvalue weighted by atomic mass is 16.5. The van der Waals surface area contributed by atoms with Crippen LogP contribution in [0.2, 0.25) is 0 Å². The minimum Gasteiger partial charge on any atom is -0.493 e. The maximum Gasteiger partial charge on any atom is 0.255 e. The molecule has 7 heteroatoms. The van der Waals surface area contributed by atoms with E-state index < -0.39 is 5.91 Å². The van der Waals surface area contributed by atoms with Crippen LogP contribution in [0, 0.1) is 5.92 Å². The molecule has 0 fully saturated rings. The molecule has 0 aliphatic rings. The van der Waals surface area contributed by atoms with Gasteiger partial charge in [-0.15, -0.1) is 0 Å².